The van der Waals surface area contributed by atoms with Crippen molar-refractivity contribution in [1.29, 1.82) is 0 Å². The van der Waals surface area contributed by atoms with Gasteiger partial charge in [0, 0.05) is 0 Å². The van der Waals surface area contributed by atoms with Crippen LogP contribution in [0.4, 0.5) is 17.6 Å². The van der Waals surface area contributed by atoms with E-state index in [1.54, 1.807) is 0 Å². The van der Waals surface area contributed by atoms with Crippen molar-refractivity contribution < 1.29 is 22.7 Å². The van der Waals surface area contributed by atoms with Crippen molar-refractivity contribution >= 4 is 0 Å². The van der Waals surface area contributed by atoms with Gasteiger partial charge in [-0.25, -0.2) is 4.39 Å². The van der Waals surface area contributed by atoms with Gasteiger partial charge in [0.1, 0.15) is 5.82 Å². The first kappa shape index (κ1) is 14.3. The number of aliphatic hydroxyl groups excluding tert-OH is 1. The zero-order valence-electron chi connectivity index (χ0n) is 10.4. The predicted molar refractivity (Wildman–Crippen MR) is 62.9 cm³/mol. The first-order chi connectivity index (χ1) is 8.86. The third-order valence-corrected chi connectivity index (χ3v) is 3.66. The van der Waals surface area contributed by atoms with Crippen molar-refractivity contribution in [2.75, 3.05) is 0 Å². The smallest absolute Gasteiger partial charge is 0.388 e. The van der Waals surface area contributed by atoms with Crippen molar-refractivity contribution in [1.82, 2.24) is 0 Å². The molecule has 5 heteroatoms. The van der Waals surface area contributed by atoms with E-state index in [4.69, 9.17) is 0 Å². The Kier molecular flexibility index (Phi) is 4.13. The maximum Gasteiger partial charge on any atom is 0.416 e. The molecule has 0 spiro atoms. The molecule has 0 heterocycles. The van der Waals surface area contributed by atoms with Crippen molar-refractivity contribution in [2.45, 2.75) is 44.4 Å². The summed E-state index contributed by atoms with van der Waals surface area (Å²) in [4.78, 5) is 0. The van der Waals surface area contributed by atoms with Gasteiger partial charge < -0.3 is 5.11 Å². The van der Waals surface area contributed by atoms with Crippen LogP contribution in [0.1, 0.15) is 49.3 Å². The van der Waals surface area contributed by atoms with Crippen molar-refractivity contribution in [3.8, 4) is 0 Å². The molecule has 1 aliphatic rings. The third-order valence-electron chi connectivity index (χ3n) is 3.66. The van der Waals surface area contributed by atoms with Crippen LogP contribution in [0, 0.1) is 11.7 Å². The van der Waals surface area contributed by atoms with Gasteiger partial charge in [0.25, 0.3) is 0 Å². The molecule has 0 saturated heterocycles. The average Bonchev–Trinajstić information content (AvgIpc) is 2.79. The Hall–Kier alpha value is -1.10. The van der Waals surface area contributed by atoms with Gasteiger partial charge in [0.05, 0.1) is 11.7 Å². The van der Waals surface area contributed by atoms with Gasteiger partial charge in [-0.15, -0.1) is 0 Å². The predicted octanol–water partition coefficient (Wildman–Crippen LogP) is 4.46. The Balaban J connectivity index is 2.16. The molecule has 0 bridgehead atoms. The Morgan fingerprint density at radius 2 is 1.79 bits per heavy atom. The lowest BCUT2D eigenvalue weighted by atomic mass is 9.94. The third kappa shape index (κ3) is 3.69. The Bertz CT molecular complexity index is 436. The molecule has 1 nitrogen and oxygen atoms in total. The van der Waals surface area contributed by atoms with Crippen LogP contribution in [0.2, 0.25) is 0 Å². The second-order valence-corrected chi connectivity index (χ2v) is 5.17. The summed E-state index contributed by atoms with van der Waals surface area (Å²) in [5, 5.41) is 9.96. The normalized spacial score (nSPS) is 18.8. The first-order valence-electron chi connectivity index (χ1n) is 6.42. The standard InChI is InChI=1S/C14H16F4O/c15-12-7-10(6-11(8-12)14(16,17)18)13(19)5-9-3-1-2-4-9/h6-9,13,19H,1-5H2. The van der Waals surface area contributed by atoms with E-state index in [-0.39, 0.29) is 5.56 Å². The van der Waals surface area contributed by atoms with E-state index in [0.29, 0.717) is 18.4 Å². The molecule has 1 fully saturated rings. The SMILES string of the molecule is OC(CC1CCCC1)c1cc(F)cc(C(F)(F)F)c1. The molecule has 1 aromatic carbocycles. The molecule has 1 aromatic rings. The average molecular weight is 276 g/mol. The molecule has 0 aromatic heterocycles. The van der Waals surface area contributed by atoms with Crippen molar-refractivity contribution in [2.24, 2.45) is 5.92 Å². The fourth-order valence-corrected chi connectivity index (χ4v) is 2.67. The van der Waals surface area contributed by atoms with Gasteiger partial charge in [-0.1, -0.05) is 25.7 Å². The Morgan fingerprint density at radius 1 is 1.16 bits per heavy atom. The number of rotatable bonds is 3. The van der Waals surface area contributed by atoms with E-state index in [1.807, 2.05) is 0 Å². The highest BCUT2D eigenvalue weighted by atomic mass is 19.4. The molecule has 1 atom stereocenters. The molecule has 0 amide bonds. The van der Waals surface area contributed by atoms with Crippen LogP contribution in [0.25, 0.3) is 0 Å². The molecule has 0 aliphatic heterocycles. The summed E-state index contributed by atoms with van der Waals surface area (Å²) in [6, 6.07) is 2.27. The van der Waals surface area contributed by atoms with Crippen LogP contribution in [-0.2, 0) is 6.18 Å². The molecule has 19 heavy (non-hydrogen) atoms. The topological polar surface area (TPSA) is 20.2 Å². The van der Waals surface area contributed by atoms with Crippen LogP contribution < -0.4 is 0 Å². The fourth-order valence-electron chi connectivity index (χ4n) is 2.67. The van der Waals surface area contributed by atoms with E-state index in [0.717, 1.165) is 37.8 Å². The Morgan fingerprint density at radius 3 is 2.37 bits per heavy atom. The highest BCUT2D eigenvalue weighted by Crippen LogP contribution is 2.35. The number of halogens is 4. The Labute approximate surface area is 109 Å². The van der Waals surface area contributed by atoms with Gasteiger partial charge in [0.2, 0.25) is 0 Å². The zero-order valence-corrected chi connectivity index (χ0v) is 10.4. The van der Waals surface area contributed by atoms with Crippen LogP contribution in [0.3, 0.4) is 0 Å². The molecule has 0 radical (unpaired) electrons. The minimum atomic E-state index is -4.59. The summed E-state index contributed by atoms with van der Waals surface area (Å²) >= 11 is 0. The van der Waals surface area contributed by atoms with Gasteiger partial charge in [-0.3, -0.25) is 0 Å². The van der Waals surface area contributed by atoms with E-state index in [9.17, 15) is 22.7 Å². The van der Waals surface area contributed by atoms with Crippen molar-refractivity contribution in [3.05, 3.63) is 35.1 Å². The van der Waals surface area contributed by atoms with Gasteiger partial charge in [0.15, 0.2) is 0 Å². The fraction of sp³-hybridized carbons (Fsp3) is 0.571. The molecule has 106 valence electrons. The quantitative estimate of drug-likeness (QED) is 0.808. The molecule has 1 unspecified atom stereocenters. The lowest BCUT2D eigenvalue weighted by Gasteiger charge is -2.17. The van der Waals surface area contributed by atoms with Gasteiger partial charge in [-0.05, 0) is 36.1 Å². The van der Waals surface area contributed by atoms with Crippen LogP contribution in [0.5, 0.6) is 0 Å². The molecular formula is C14H16F4O. The number of hydrogen-bond acceptors (Lipinski definition) is 1. The summed E-state index contributed by atoms with van der Waals surface area (Å²) in [7, 11) is 0. The lowest BCUT2D eigenvalue weighted by molar-refractivity contribution is -0.137. The summed E-state index contributed by atoms with van der Waals surface area (Å²) in [6.45, 7) is 0. The molecular weight excluding hydrogens is 260 g/mol. The molecule has 1 aliphatic carbocycles. The van der Waals surface area contributed by atoms with Crippen molar-refractivity contribution in [3.63, 3.8) is 0 Å². The number of hydrogen-bond donors (Lipinski definition) is 1. The van der Waals surface area contributed by atoms with E-state index in [2.05, 4.69) is 0 Å². The zero-order chi connectivity index (χ0) is 14.0. The summed E-state index contributed by atoms with van der Waals surface area (Å²) < 4.78 is 50.9. The molecule has 1 saturated carbocycles. The molecule has 1 N–H and O–H groups in total. The monoisotopic (exact) mass is 276 g/mol. The van der Waals surface area contributed by atoms with E-state index in [1.165, 1.54) is 0 Å². The van der Waals surface area contributed by atoms with Crippen LogP contribution >= 0.6 is 0 Å². The second-order valence-electron chi connectivity index (χ2n) is 5.17. The maximum absolute atomic E-state index is 13.2. The van der Waals surface area contributed by atoms with Crippen LogP contribution in [0.15, 0.2) is 18.2 Å². The minimum Gasteiger partial charge on any atom is -0.388 e. The second kappa shape index (κ2) is 5.49. The summed E-state index contributed by atoms with van der Waals surface area (Å²) in [5.74, 6) is -0.636. The lowest BCUT2D eigenvalue weighted by Crippen LogP contribution is -2.09. The number of benzene rings is 1. The maximum atomic E-state index is 13.2. The molecule has 2 rings (SSSR count). The number of aliphatic hydroxyl groups is 1. The highest BCUT2D eigenvalue weighted by Gasteiger charge is 2.32. The van der Waals surface area contributed by atoms with E-state index < -0.39 is 23.7 Å². The van der Waals surface area contributed by atoms with Gasteiger partial charge in [-0.2, -0.15) is 13.2 Å². The summed E-state index contributed by atoms with van der Waals surface area (Å²) in [5.41, 5.74) is -1.04. The largest absolute Gasteiger partial charge is 0.416 e. The van der Waals surface area contributed by atoms with E-state index >= 15 is 0 Å². The first-order valence-corrected chi connectivity index (χ1v) is 6.42. The van der Waals surface area contributed by atoms with Gasteiger partial charge >= 0.3 is 6.18 Å². The summed E-state index contributed by atoms with van der Waals surface area (Å²) in [6.07, 6.45) is -1.07. The number of alkyl halides is 3. The van der Waals surface area contributed by atoms with Crippen LogP contribution in [-0.4, -0.2) is 5.11 Å². The minimum absolute atomic E-state index is 0.0132. The highest BCUT2D eigenvalue weighted by molar-refractivity contribution is 5.28.